The highest BCUT2D eigenvalue weighted by atomic mass is 35.5. The van der Waals surface area contributed by atoms with E-state index in [9.17, 15) is 4.79 Å². The first-order chi connectivity index (χ1) is 16.6. The van der Waals surface area contributed by atoms with Crippen molar-refractivity contribution < 1.29 is 19.0 Å². The van der Waals surface area contributed by atoms with Crippen LogP contribution in [0.3, 0.4) is 0 Å². The minimum Gasteiger partial charge on any atom is -0.493 e. The Bertz CT molecular complexity index is 1170. The number of ether oxygens (including phenoxy) is 3. The van der Waals surface area contributed by atoms with E-state index < -0.39 is 0 Å². The number of aromatic nitrogens is 2. The Morgan fingerprint density at radius 1 is 1.06 bits per heavy atom. The molecule has 1 saturated heterocycles. The number of amides is 1. The number of carbonyl (C=O) groups is 1. The van der Waals surface area contributed by atoms with Crippen LogP contribution in [0.4, 0.5) is 0 Å². The minimum absolute atomic E-state index is 0.0595. The lowest BCUT2D eigenvalue weighted by molar-refractivity contribution is 0.0316. The highest BCUT2D eigenvalue weighted by Gasteiger charge is 2.42. The smallest absolute Gasteiger partial charge is 0.273 e. The first-order valence-corrected chi connectivity index (χ1v) is 11.7. The van der Waals surface area contributed by atoms with Crippen LogP contribution >= 0.6 is 11.6 Å². The third-order valence-electron chi connectivity index (χ3n) is 6.47. The highest BCUT2D eigenvalue weighted by Crippen LogP contribution is 2.44. The van der Waals surface area contributed by atoms with Crippen molar-refractivity contribution in [1.82, 2.24) is 20.0 Å². The number of aromatic amines is 1. The van der Waals surface area contributed by atoms with Gasteiger partial charge in [0.05, 0.1) is 39.2 Å². The van der Waals surface area contributed by atoms with E-state index in [2.05, 4.69) is 15.1 Å². The molecule has 34 heavy (non-hydrogen) atoms. The van der Waals surface area contributed by atoms with Crippen molar-refractivity contribution in [2.75, 3.05) is 53.6 Å². The number of nitrogens with zero attached hydrogens (tertiary/aromatic N) is 3. The summed E-state index contributed by atoms with van der Waals surface area (Å²) >= 11 is 6.11. The van der Waals surface area contributed by atoms with Crippen molar-refractivity contribution in [3.05, 3.63) is 64.3 Å². The molecule has 2 aromatic carbocycles. The zero-order valence-electron chi connectivity index (χ0n) is 19.2. The highest BCUT2D eigenvalue weighted by molar-refractivity contribution is 6.30. The van der Waals surface area contributed by atoms with E-state index >= 15 is 0 Å². The summed E-state index contributed by atoms with van der Waals surface area (Å²) in [6, 6.07) is 13.0. The molecule has 9 heteroatoms. The van der Waals surface area contributed by atoms with E-state index in [0.717, 1.165) is 55.2 Å². The van der Waals surface area contributed by atoms with Gasteiger partial charge in [0.1, 0.15) is 5.69 Å². The Morgan fingerprint density at radius 2 is 1.79 bits per heavy atom. The number of rotatable bonds is 7. The Kier molecular flexibility index (Phi) is 6.45. The van der Waals surface area contributed by atoms with Crippen molar-refractivity contribution in [1.29, 1.82) is 0 Å². The second-order valence-corrected chi connectivity index (χ2v) is 8.77. The van der Waals surface area contributed by atoms with E-state index in [-0.39, 0.29) is 11.9 Å². The van der Waals surface area contributed by atoms with Crippen LogP contribution in [-0.2, 0) is 4.74 Å². The van der Waals surface area contributed by atoms with E-state index in [1.165, 1.54) is 0 Å². The van der Waals surface area contributed by atoms with Gasteiger partial charge in [-0.25, -0.2) is 0 Å². The molecule has 8 nitrogen and oxygen atoms in total. The summed E-state index contributed by atoms with van der Waals surface area (Å²) in [4.78, 5) is 17.8. The molecule has 1 N–H and O–H groups in total. The number of nitrogens with one attached hydrogen (secondary N) is 1. The third-order valence-corrected chi connectivity index (χ3v) is 6.72. The minimum atomic E-state index is -0.312. The molecule has 0 radical (unpaired) electrons. The van der Waals surface area contributed by atoms with Gasteiger partial charge in [0.2, 0.25) is 0 Å². The Balaban J connectivity index is 1.56. The molecule has 2 aliphatic rings. The van der Waals surface area contributed by atoms with E-state index in [4.69, 9.17) is 25.8 Å². The zero-order valence-corrected chi connectivity index (χ0v) is 20.0. The normalized spacial score (nSPS) is 18.3. The van der Waals surface area contributed by atoms with E-state index in [1.807, 2.05) is 47.4 Å². The maximum atomic E-state index is 13.6. The average Bonchev–Trinajstić information content (AvgIpc) is 3.42. The number of H-pyrrole nitrogens is 1. The predicted molar refractivity (Wildman–Crippen MR) is 129 cm³/mol. The number of halogens is 1. The van der Waals surface area contributed by atoms with Gasteiger partial charge in [-0.1, -0.05) is 29.8 Å². The van der Waals surface area contributed by atoms with Crippen LogP contribution in [0, 0.1) is 0 Å². The van der Waals surface area contributed by atoms with Crippen molar-refractivity contribution in [3.63, 3.8) is 0 Å². The molecule has 0 aliphatic carbocycles. The lowest BCUT2D eigenvalue weighted by Gasteiger charge is -2.31. The summed E-state index contributed by atoms with van der Waals surface area (Å²) in [5.74, 6) is 1.20. The standard InChI is InChI=1S/C25H27ClN4O4/c1-32-19-8-5-17(15-20(19)33-2)24-21-22(16-3-6-18(26)7-4-16)27-28-23(21)25(31)30(24)10-9-29-11-13-34-14-12-29/h3-8,15,24H,9-14H2,1-2H3,(H,27,28). The van der Waals surface area contributed by atoms with Crippen LogP contribution in [0.5, 0.6) is 11.5 Å². The topological polar surface area (TPSA) is 79.9 Å². The summed E-state index contributed by atoms with van der Waals surface area (Å²) in [6.07, 6.45) is 0. The quantitative estimate of drug-likeness (QED) is 0.554. The molecule has 178 valence electrons. The first-order valence-electron chi connectivity index (χ1n) is 11.3. The van der Waals surface area contributed by atoms with Crippen LogP contribution in [0.25, 0.3) is 11.3 Å². The number of morpholine rings is 1. The molecule has 3 heterocycles. The van der Waals surface area contributed by atoms with Crippen LogP contribution in [0.15, 0.2) is 42.5 Å². The Labute approximate surface area is 203 Å². The number of fused-ring (bicyclic) bond motifs is 1. The molecule has 2 aliphatic heterocycles. The molecule has 0 saturated carbocycles. The number of hydrogen-bond acceptors (Lipinski definition) is 6. The molecule has 5 rings (SSSR count). The molecule has 1 atom stereocenters. The van der Waals surface area contributed by atoms with Crippen molar-refractivity contribution >= 4 is 17.5 Å². The van der Waals surface area contributed by atoms with Gasteiger partial charge in [-0.2, -0.15) is 5.10 Å². The summed E-state index contributed by atoms with van der Waals surface area (Å²) in [6.45, 7) is 4.53. The Hall–Kier alpha value is -3.07. The number of hydrogen-bond donors (Lipinski definition) is 1. The predicted octanol–water partition coefficient (Wildman–Crippen LogP) is 3.62. The number of benzene rings is 2. The maximum Gasteiger partial charge on any atom is 0.273 e. The van der Waals surface area contributed by atoms with Gasteiger partial charge in [0.25, 0.3) is 5.91 Å². The fourth-order valence-electron chi connectivity index (χ4n) is 4.70. The van der Waals surface area contributed by atoms with Crippen molar-refractivity contribution in [2.24, 2.45) is 0 Å². The van der Waals surface area contributed by atoms with E-state index in [0.29, 0.717) is 28.8 Å². The van der Waals surface area contributed by atoms with Gasteiger partial charge in [0.15, 0.2) is 11.5 Å². The summed E-state index contributed by atoms with van der Waals surface area (Å²) in [5.41, 5.74) is 3.96. The lowest BCUT2D eigenvalue weighted by atomic mass is 9.95. The van der Waals surface area contributed by atoms with E-state index in [1.54, 1.807) is 14.2 Å². The molecule has 1 aromatic heterocycles. The largest absolute Gasteiger partial charge is 0.493 e. The molecule has 1 unspecified atom stereocenters. The second-order valence-electron chi connectivity index (χ2n) is 8.34. The van der Waals surface area contributed by atoms with Crippen molar-refractivity contribution in [3.8, 4) is 22.8 Å². The molecular formula is C25H27ClN4O4. The van der Waals surface area contributed by atoms with Crippen LogP contribution in [0.1, 0.15) is 27.7 Å². The lowest BCUT2D eigenvalue weighted by Crippen LogP contribution is -2.42. The molecule has 0 spiro atoms. The SMILES string of the molecule is COc1ccc(C2c3c(-c4ccc(Cl)cc4)n[nH]c3C(=O)N2CCN2CCOCC2)cc1OC. The first kappa shape index (κ1) is 22.7. The number of methoxy groups -OCH3 is 2. The second kappa shape index (κ2) is 9.66. The molecular weight excluding hydrogens is 456 g/mol. The average molecular weight is 483 g/mol. The van der Waals surface area contributed by atoms with Gasteiger partial charge in [-0.05, 0) is 29.8 Å². The van der Waals surface area contributed by atoms with Gasteiger partial charge >= 0.3 is 0 Å². The third kappa shape index (κ3) is 4.13. The van der Waals surface area contributed by atoms with Crippen molar-refractivity contribution in [2.45, 2.75) is 6.04 Å². The van der Waals surface area contributed by atoms with Crippen LogP contribution < -0.4 is 9.47 Å². The summed E-state index contributed by atoms with van der Waals surface area (Å²) in [5, 5.41) is 8.18. The van der Waals surface area contributed by atoms with Crippen LogP contribution in [0.2, 0.25) is 5.02 Å². The maximum absolute atomic E-state index is 13.6. The number of carbonyl (C=O) groups excluding carboxylic acids is 1. The molecule has 1 fully saturated rings. The zero-order chi connectivity index (χ0) is 23.7. The van der Waals surface area contributed by atoms with Crippen LogP contribution in [-0.4, -0.2) is 79.5 Å². The van der Waals surface area contributed by atoms with Gasteiger partial charge in [-0.3, -0.25) is 14.8 Å². The van der Waals surface area contributed by atoms with Gasteiger partial charge in [-0.15, -0.1) is 0 Å². The fraction of sp³-hybridized carbons (Fsp3) is 0.360. The Morgan fingerprint density at radius 3 is 2.50 bits per heavy atom. The molecule has 3 aromatic rings. The summed E-state index contributed by atoms with van der Waals surface area (Å²) in [7, 11) is 3.22. The summed E-state index contributed by atoms with van der Waals surface area (Å²) < 4.78 is 16.5. The fourth-order valence-corrected chi connectivity index (χ4v) is 4.82. The van der Waals surface area contributed by atoms with Gasteiger partial charge in [0, 0.05) is 42.3 Å². The monoisotopic (exact) mass is 482 g/mol. The van der Waals surface area contributed by atoms with Gasteiger partial charge < -0.3 is 19.1 Å². The molecule has 0 bridgehead atoms. The molecule has 1 amide bonds.